The smallest absolute Gasteiger partial charge is 0.0384 e. The molecule has 32 heavy (non-hydrogen) atoms. The summed E-state index contributed by atoms with van der Waals surface area (Å²) in [5.41, 5.74) is 0.900. The van der Waals surface area contributed by atoms with E-state index in [1.807, 2.05) is 0 Å². The van der Waals surface area contributed by atoms with Gasteiger partial charge in [0.25, 0.3) is 0 Å². The van der Waals surface area contributed by atoms with Gasteiger partial charge >= 0.3 is 0 Å². The van der Waals surface area contributed by atoms with Gasteiger partial charge in [-0.2, -0.15) is 11.8 Å². The molecule has 4 fully saturated rings. The predicted octanol–water partition coefficient (Wildman–Crippen LogP) is 4.55. The third-order valence-corrected chi connectivity index (χ3v) is 10.1. The predicted molar refractivity (Wildman–Crippen MR) is 141 cm³/mol. The molecule has 1 saturated carbocycles. The normalized spacial score (nSPS) is 33.8. The van der Waals surface area contributed by atoms with Crippen LogP contribution in [-0.2, 0) is 0 Å². The lowest BCUT2D eigenvalue weighted by Crippen LogP contribution is -2.70. The van der Waals surface area contributed by atoms with Crippen molar-refractivity contribution in [2.75, 3.05) is 63.9 Å². The van der Waals surface area contributed by atoms with Crippen molar-refractivity contribution >= 4 is 11.8 Å². The summed E-state index contributed by atoms with van der Waals surface area (Å²) in [6.45, 7) is 19.8. The maximum atomic E-state index is 3.61. The molecule has 2 atom stereocenters. The van der Waals surface area contributed by atoms with Gasteiger partial charge in [0.1, 0.15) is 0 Å². The lowest BCUT2D eigenvalue weighted by Gasteiger charge is -2.58. The van der Waals surface area contributed by atoms with Crippen LogP contribution in [0.4, 0.5) is 0 Å². The first-order chi connectivity index (χ1) is 15.5. The molecule has 5 heteroatoms. The number of hydrogen-bond acceptors (Lipinski definition) is 5. The van der Waals surface area contributed by atoms with Gasteiger partial charge in [-0.3, -0.25) is 14.7 Å². The monoisotopic (exact) mass is 464 g/mol. The minimum Gasteiger partial charge on any atom is -0.314 e. The first kappa shape index (κ1) is 25.3. The number of nitrogens with one attached hydrogen (secondary N) is 1. The van der Waals surface area contributed by atoms with Crippen LogP contribution in [0.15, 0.2) is 0 Å². The van der Waals surface area contributed by atoms with Gasteiger partial charge in [-0.1, -0.05) is 47.0 Å². The Morgan fingerprint density at radius 1 is 0.781 bits per heavy atom. The van der Waals surface area contributed by atoms with Crippen LogP contribution in [0.5, 0.6) is 0 Å². The van der Waals surface area contributed by atoms with Gasteiger partial charge in [0.15, 0.2) is 0 Å². The van der Waals surface area contributed by atoms with Crippen LogP contribution in [0.1, 0.15) is 79.1 Å². The molecule has 0 bridgehead atoms. The number of piperazine rings is 2. The second-order valence-corrected chi connectivity index (χ2v) is 13.3. The minimum atomic E-state index is 0.393. The Labute approximate surface area is 203 Å². The third-order valence-electron chi connectivity index (χ3n) is 9.08. The average Bonchev–Trinajstić information content (AvgIpc) is 2.80. The van der Waals surface area contributed by atoms with Gasteiger partial charge in [-0.05, 0) is 49.7 Å². The average molecular weight is 465 g/mol. The lowest BCUT2D eigenvalue weighted by atomic mass is 9.74. The Balaban J connectivity index is 1.48. The highest BCUT2D eigenvalue weighted by atomic mass is 32.2. The molecule has 0 aromatic rings. The highest BCUT2D eigenvalue weighted by Crippen LogP contribution is 2.43. The van der Waals surface area contributed by atoms with E-state index in [0.717, 1.165) is 17.9 Å². The maximum Gasteiger partial charge on any atom is 0.0384 e. The van der Waals surface area contributed by atoms with Crippen LogP contribution in [0, 0.1) is 11.8 Å². The fourth-order valence-electron chi connectivity index (χ4n) is 7.89. The Kier molecular flexibility index (Phi) is 8.92. The molecule has 1 aliphatic carbocycles. The number of rotatable bonds is 7. The Morgan fingerprint density at radius 2 is 1.44 bits per heavy atom. The largest absolute Gasteiger partial charge is 0.314 e. The molecule has 4 aliphatic rings. The van der Waals surface area contributed by atoms with Crippen LogP contribution >= 0.6 is 11.8 Å². The lowest BCUT2D eigenvalue weighted by molar-refractivity contribution is -0.0587. The molecule has 0 aromatic carbocycles. The number of thioether (sulfide) groups is 1. The van der Waals surface area contributed by atoms with Crippen molar-refractivity contribution in [2.45, 2.75) is 96.2 Å². The van der Waals surface area contributed by atoms with E-state index < -0.39 is 0 Å². The molecule has 0 spiro atoms. The van der Waals surface area contributed by atoms with E-state index in [4.69, 9.17) is 0 Å². The number of hydrogen-bond donors (Lipinski definition) is 1. The second-order valence-electron chi connectivity index (χ2n) is 12.2. The summed E-state index contributed by atoms with van der Waals surface area (Å²) in [7, 11) is 0. The molecule has 0 radical (unpaired) electrons. The molecule has 0 amide bonds. The van der Waals surface area contributed by atoms with Crippen LogP contribution in [0.3, 0.4) is 0 Å². The third kappa shape index (κ3) is 5.53. The van der Waals surface area contributed by atoms with Crippen molar-refractivity contribution in [3.63, 3.8) is 0 Å². The van der Waals surface area contributed by atoms with E-state index in [2.05, 4.69) is 59.5 Å². The summed E-state index contributed by atoms with van der Waals surface area (Å²) in [5.74, 6) is 4.28. The summed E-state index contributed by atoms with van der Waals surface area (Å²) in [5, 5.41) is 3.61. The van der Waals surface area contributed by atoms with Gasteiger partial charge < -0.3 is 5.32 Å². The fraction of sp³-hybridized carbons (Fsp3) is 1.00. The molecule has 4 rings (SSSR count). The van der Waals surface area contributed by atoms with E-state index in [9.17, 15) is 0 Å². The molecule has 186 valence electrons. The molecule has 3 aliphatic heterocycles. The van der Waals surface area contributed by atoms with E-state index in [1.165, 1.54) is 115 Å². The van der Waals surface area contributed by atoms with Crippen LogP contribution in [-0.4, -0.2) is 95.7 Å². The molecular weight excluding hydrogens is 412 g/mol. The van der Waals surface area contributed by atoms with Crippen LogP contribution in [0.25, 0.3) is 0 Å². The van der Waals surface area contributed by atoms with Crippen molar-refractivity contribution in [1.82, 2.24) is 20.0 Å². The van der Waals surface area contributed by atoms with Crippen LogP contribution < -0.4 is 5.32 Å². The summed E-state index contributed by atoms with van der Waals surface area (Å²) >= 11 is 2.23. The van der Waals surface area contributed by atoms with E-state index in [-0.39, 0.29) is 0 Å². The zero-order valence-corrected chi connectivity index (χ0v) is 22.5. The van der Waals surface area contributed by atoms with Gasteiger partial charge in [-0.25, -0.2) is 0 Å². The van der Waals surface area contributed by atoms with Crippen molar-refractivity contribution in [3.8, 4) is 0 Å². The standard InChI is InChI=1S/C27H52N4S/c1-23(2)20-26(8-6-5-7-9-26)30-17-15-29(16-18-30)25-22-32-19-10-27(25,21-24(3)4)31-13-11-28-12-14-31/h23-25,28H,5-22H2,1-4H3. The molecule has 0 aromatic heterocycles. The second kappa shape index (κ2) is 11.3. The van der Waals surface area contributed by atoms with Crippen molar-refractivity contribution in [2.24, 2.45) is 11.8 Å². The fourth-order valence-corrected chi connectivity index (χ4v) is 9.30. The van der Waals surface area contributed by atoms with Crippen LogP contribution in [0.2, 0.25) is 0 Å². The van der Waals surface area contributed by atoms with Gasteiger partial charge in [-0.15, -0.1) is 0 Å². The Morgan fingerprint density at radius 3 is 2.06 bits per heavy atom. The molecule has 2 unspecified atom stereocenters. The zero-order chi connectivity index (χ0) is 22.6. The minimum absolute atomic E-state index is 0.393. The summed E-state index contributed by atoms with van der Waals surface area (Å²) in [6.07, 6.45) is 11.4. The van der Waals surface area contributed by atoms with Gasteiger partial charge in [0.05, 0.1) is 0 Å². The van der Waals surface area contributed by atoms with Crippen molar-refractivity contribution in [1.29, 1.82) is 0 Å². The first-order valence-electron chi connectivity index (χ1n) is 14.0. The highest BCUT2D eigenvalue weighted by Gasteiger charge is 2.49. The van der Waals surface area contributed by atoms with E-state index in [1.54, 1.807) is 0 Å². The summed E-state index contributed by atoms with van der Waals surface area (Å²) < 4.78 is 0. The molecule has 3 saturated heterocycles. The summed E-state index contributed by atoms with van der Waals surface area (Å²) in [6, 6.07) is 0.733. The highest BCUT2D eigenvalue weighted by molar-refractivity contribution is 7.99. The van der Waals surface area contributed by atoms with Gasteiger partial charge in [0.2, 0.25) is 0 Å². The molecule has 4 nitrogen and oxygen atoms in total. The van der Waals surface area contributed by atoms with Crippen molar-refractivity contribution in [3.05, 3.63) is 0 Å². The topological polar surface area (TPSA) is 21.8 Å². The molecule has 1 N–H and O–H groups in total. The summed E-state index contributed by atoms with van der Waals surface area (Å²) in [4.78, 5) is 8.86. The maximum absolute atomic E-state index is 3.61. The van der Waals surface area contributed by atoms with E-state index in [0.29, 0.717) is 11.1 Å². The Bertz CT molecular complexity index is 562. The molecular formula is C27H52N4S. The Hall–Kier alpha value is 0.190. The van der Waals surface area contributed by atoms with E-state index >= 15 is 0 Å². The SMILES string of the molecule is CC(C)CC1(N2CCN(C3CSCCC3(CC(C)C)N3CCNCC3)CC2)CCCCC1. The van der Waals surface area contributed by atoms with Gasteiger partial charge in [0, 0.05) is 75.2 Å². The quantitative estimate of drug-likeness (QED) is 0.595. The zero-order valence-electron chi connectivity index (χ0n) is 21.7. The molecule has 3 heterocycles. The first-order valence-corrected chi connectivity index (χ1v) is 15.1. The number of nitrogens with zero attached hydrogens (tertiary/aromatic N) is 3. The van der Waals surface area contributed by atoms with Crippen molar-refractivity contribution < 1.29 is 0 Å².